The van der Waals surface area contributed by atoms with Crippen LogP contribution in [0.25, 0.3) is 0 Å². The van der Waals surface area contributed by atoms with Crippen molar-refractivity contribution in [2.45, 2.75) is 0 Å². The summed E-state index contributed by atoms with van der Waals surface area (Å²) < 4.78 is 12.8. The fraction of sp³-hybridized carbons (Fsp3) is 0. The maximum absolute atomic E-state index is 12.8. The number of hydrazone groups is 1. The van der Waals surface area contributed by atoms with Crippen LogP contribution < -0.4 is 5.43 Å². The van der Waals surface area contributed by atoms with E-state index in [4.69, 9.17) is 11.6 Å². The molecule has 0 atom stereocenters. The second-order valence-electron chi connectivity index (χ2n) is 4.33. The molecule has 2 N–H and O–H groups in total. The largest absolute Gasteiger partial charge is 0.502 e. The lowest BCUT2D eigenvalue weighted by atomic mass is 10.2. The molecule has 0 unspecified atom stereocenters. The monoisotopic (exact) mass is 337 g/mol. The van der Waals surface area contributed by atoms with Crippen molar-refractivity contribution in [3.63, 3.8) is 0 Å². The zero-order valence-corrected chi connectivity index (χ0v) is 12.1. The van der Waals surface area contributed by atoms with Crippen LogP contribution in [0.2, 0.25) is 5.02 Å². The van der Waals surface area contributed by atoms with E-state index >= 15 is 0 Å². The molecule has 0 saturated heterocycles. The van der Waals surface area contributed by atoms with Crippen LogP contribution in [0.3, 0.4) is 0 Å². The van der Waals surface area contributed by atoms with Crippen LogP contribution >= 0.6 is 11.6 Å². The number of nitro benzene ring substituents is 1. The zero-order chi connectivity index (χ0) is 17.0. The fourth-order valence-electron chi connectivity index (χ4n) is 1.67. The van der Waals surface area contributed by atoms with E-state index in [2.05, 4.69) is 10.5 Å². The Labute approximate surface area is 134 Å². The van der Waals surface area contributed by atoms with Crippen molar-refractivity contribution in [2.24, 2.45) is 5.10 Å². The molecule has 118 valence electrons. The summed E-state index contributed by atoms with van der Waals surface area (Å²) >= 11 is 5.72. The maximum Gasteiger partial charge on any atom is 0.312 e. The van der Waals surface area contributed by atoms with Crippen LogP contribution in [0.4, 0.5) is 10.1 Å². The maximum atomic E-state index is 12.8. The topological polar surface area (TPSA) is 105 Å². The molecule has 0 aromatic heterocycles. The molecule has 0 heterocycles. The van der Waals surface area contributed by atoms with E-state index in [0.29, 0.717) is 0 Å². The van der Waals surface area contributed by atoms with Crippen molar-refractivity contribution in [3.05, 3.63) is 68.5 Å². The van der Waals surface area contributed by atoms with Crippen molar-refractivity contribution in [3.8, 4) is 5.75 Å². The Morgan fingerprint density at radius 3 is 2.61 bits per heavy atom. The van der Waals surface area contributed by atoms with Crippen LogP contribution in [-0.4, -0.2) is 22.2 Å². The second kappa shape index (κ2) is 6.84. The summed E-state index contributed by atoms with van der Waals surface area (Å²) in [6.07, 6.45) is 1.01. The Kier molecular flexibility index (Phi) is 4.87. The minimum Gasteiger partial charge on any atom is -0.502 e. The molecule has 1 amide bonds. The highest BCUT2D eigenvalue weighted by Gasteiger charge is 2.17. The first-order valence-electron chi connectivity index (χ1n) is 6.14. The summed E-state index contributed by atoms with van der Waals surface area (Å²) in [5.74, 6) is -1.72. The standard InChI is InChI=1S/C14H9ClFN3O4/c15-10-5-9(13(20)12(6-10)19(22)23)7-17-18-14(21)8-1-3-11(16)4-2-8/h1-7,20H,(H,18,21)/b17-7-. The number of carbonyl (C=O) groups excluding carboxylic acids is 1. The first-order chi connectivity index (χ1) is 10.9. The van der Waals surface area contributed by atoms with Gasteiger partial charge in [-0.25, -0.2) is 9.82 Å². The highest BCUT2D eigenvalue weighted by molar-refractivity contribution is 6.31. The van der Waals surface area contributed by atoms with Gasteiger partial charge in [-0.15, -0.1) is 0 Å². The molecule has 0 fully saturated rings. The normalized spacial score (nSPS) is 10.7. The molecule has 2 rings (SSSR count). The number of hydrogen-bond acceptors (Lipinski definition) is 5. The van der Waals surface area contributed by atoms with Crippen LogP contribution in [0.1, 0.15) is 15.9 Å². The van der Waals surface area contributed by atoms with Gasteiger partial charge in [0.1, 0.15) is 5.82 Å². The zero-order valence-electron chi connectivity index (χ0n) is 11.4. The number of nitro groups is 1. The van der Waals surface area contributed by atoms with Crippen molar-refractivity contribution in [1.29, 1.82) is 0 Å². The van der Waals surface area contributed by atoms with Gasteiger partial charge < -0.3 is 5.11 Å². The third-order valence-corrected chi connectivity index (χ3v) is 2.98. The highest BCUT2D eigenvalue weighted by atomic mass is 35.5. The summed E-state index contributed by atoms with van der Waals surface area (Å²) in [5, 5.41) is 24.1. The molecular formula is C14H9ClFN3O4. The minimum absolute atomic E-state index is 0.0285. The van der Waals surface area contributed by atoms with Gasteiger partial charge in [-0.1, -0.05) is 11.6 Å². The van der Waals surface area contributed by atoms with E-state index in [1.807, 2.05) is 0 Å². The Balaban J connectivity index is 2.16. The summed E-state index contributed by atoms with van der Waals surface area (Å²) in [6.45, 7) is 0. The minimum atomic E-state index is -0.796. The van der Waals surface area contributed by atoms with Gasteiger partial charge in [0, 0.05) is 22.2 Å². The number of nitrogens with zero attached hydrogens (tertiary/aromatic N) is 2. The first kappa shape index (κ1) is 16.4. The van der Waals surface area contributed by atoms with Gasteiger partial charge in [0.2, 0.25) is 5.75 Å². The number of phenolic OH excluding ortho intramolecular Hbond substituents is 1. The highest BCUT2D eigenvalue weighted by Crippen LogP contribution is 2.32. The van der Waals surface area contributed by atoms with E-state index in [0.717, 1.165) is 24.4 Å². The molecule has 0 radical (unpaired) electrons. The van der Waals surface area contributed by atoms with Crippen molar-refractivity contribution < 1.29 is 19.2 Å². The molecule has 0 bridgehead atoms. The Bertz CT molecular complexity index is 793. The molecular weight excluding hydrogens is 329 g/mol. The fourth-order valence-corrected chi connectivity index (χ4v) is 1.89. The summed E-state index contributed by atoms with van der Waals surface area (Å²) in [7, 11) is 0. The van der Waals surface area contributed by atoms with Gasteiger partial charge in [-0.3, -0.25) is 14.9 Å². The third kappa shape index (κ3) is 4.01. The summed E-state index contributed by atoms with van der Waals surface area (Å²) in [6, 6.07) is 7.00. The van der Waals surface area contributed by atoms with E-state index in [9.17, 15) is 24.4 Å². The average Bonchev–Trinajstić information content (AvgIpc) is 2.50. The number of carbonyl (C=O) groups is 1. The third-order valence-electron chi connectivity index (χ3n) is 2.76. The molecule has 23 heavy (non-hydrogen) atoms. The first-order valence-corrected chi connectivity index (χ1v) is 6.52. The smallest absolute Gasteiger partial charge is 0.312 e. The predicted octanol–water partition coefficient (Wildman–Crippen LogP) is 2.86. The molecule has 0 spiro atoms. The van der Waals surface area contributed by atoms with Crippen LogP contribution in [0.5, 0.6) is 5.75 Å². The van der Waals surface area contributed by atoms with Crippen molar-refractivity contribution in [1.82, 2.24) is 5.43 Å². The van der Waals surface area contributed by atoms with Gasteiger partial charge >= 0.3 is 5.69 Å². The van der Waals surface area contributed by atoms with E-state index in [1.165, 1.54) is 18.2 Å². The summed E-state index contributed by atoms with van der Waals surface area (Å²) in [5.41, 5.74) is 1.70. The molecule has 2 aromatic carbocycles. The van der Waals surface area contributed by atoms with Gasteiger partial charge in [-0.2, -0.15) is 5.10 Å². The number of benzene rings is 2. The molecule has 2 aromatic rings. The SMILES string of the molecule is O=C(N/N=C\c1cc(Cl)cc([N+](=O)[O-])c1O)c1ccc(F)cc1. The number of nitrogens with one attached hydrogen (secondary N) is 1. The number of halogens is 2. The van der Waals surface area contributed by atoms with E-state index < -0.39 is 28.1 Å². The molecule has 0 aliphatic rings. The Hall–Kier alpha value is -3.00. The molecule has 9 heteroatoms. The summed E-state index contributed by atoms with van der Waals surface area (Å²) in [4.78, 5) is 21.7. The van der Waals surface area contributed by atoms with Gasteiger partial charge in [0.05, 0.1) is 11.1 Å². The lowest BCUT2D eigenvalue weighted by molar-refractivity contribution is -0.385. The quantitative estimate of drug-likeness (QED) is 0.508. The van der Waals surface area contributed by atoms with Crippen molar-refractivity contribution in [2.75, 3.05) is 0 Å². The van der Waals surface area contributed by atoms with E-state index in [1.54, 1.807) is 0 Å². The number of phenols is 1. The van der Waals surface area contributed by atoms with Crippen molar-refractivity contribution >= 4 is 29.4 Å². The molecule has 0 saturated carbocycles. The Morgan fingerprint density at radius 2 is 2.00 bits per heavy atom. The van der Waals surface area contributed by atoms with Crippen LogP contribution in [-0.2, 0) is 0 Å². The van der Waals surface area contributed by atoms with E-state index in [-0.39, 0.29) is 16.1 Å². The number of aromatic hydroxyl groups is 1. The molecule has 0 aliphatic carbocycles. The van der Waals surface area contributed by atoms with Gasteiger partial charge in [0.15, 0.2) is 0 Å². The van der Waals surface area contributed by atoms with Crippen LogP contribution in [0, 0.1) is 15.9 Å². The number of amides is 1. The Morgan fingerprint density at radius 1 is 1.35 bits per heavy atom. The molecule has 0 aliphatic heterocycles. The van der Waals surface area contributed by atoms with Gasteiger partial charge in [-0.05, 0) is 30.3 Å². The van der Waals surface area contributed by atoms with Gasteiger partial charge in [0.25, 0.3) is 5.91 Å². The lowest BCUT2D eigenvalue weighted by Gasteiger charge is -2.02. The number of rotatable bonds is 4. The number of hydrogen-bond donors (Lipinski definition) is 2. The second-order valence-corrected chi connectivity index (χ2v) is 4.76. The lowest BCUT2D eigenvalue weighted by Crippen LogP contribution is -2.17. The van der Waals surface area contributed by atoms with Crippen LogP contribution in [0.15, 0.2) is 41.5 Å². The average molecular weight is 338 g/mol. The predicted molar refractivity (Wildman–Crippen MR) is 81.2 cm³/mol. The molecule has 7 nitrogen and oxygen atoms in total.